The van der Waals surface area contributed by atoms with Crippen molar-refractivity contribution in [3.05, 3.63) is 87.0 Å². The van der Waals surface area contributed by atoms with Gasteiger partial charge in [-0.25, -0.2) is 0 Å². The number of carbonyl (C=O) groups excluding carboxylic acids is 2. The van der Waals surface area contributed by atoms with Crippen LogP contribution in [-0.4, -0.2) is 58.3 Å². The second kappa shape index (κ2) is 15.3. The molecule has 1 aliphatic carbocycles. The summed E-state index contributed by atoms with van der Waals surface area (Å²) in [5, 5.41) is 24.0. The van der Waals surface area contributed by atoms with Gasteiger partial charge in [-0.2, -0.15) is 0 Å². The van der Waals surface area contributed by atoms with E-state index in [1.165, 1.54) is 0 Å². The highest BCUT2D eigenvalue weighted by Gasteiger charge is 2.40. The molecule has 0 spiro atoms. The lowest BCUT2D eigenvalue weighted by atomic mass is 9.87. The first-order valence-electron chi connectivity index (χ1n) is 12.7. The SMILES string of the molecule is C=CCCCCC(=O)N(Cc1ccc(Cl)cc1)C1CC(C(=O)NCCO)=CC(Oc2ccccc2I)C1O. The molecule has 0 saturated heterocycles. The van der Waals surface area contributed by atoms with Crippen LogP contribution in [0.25, 0.3) is 0 Å². The molecule has 3 rings (SSSR count). The largest absolute Gasteiger partial charge is 0.482 e. The lowest BCUT2D eigenvalue weighted by molar-refractivity contribution is -0.139. The predicted molar refractivity (Wildman–Crippen MR) is 157 cm³/mol. The summed E-state index contributed by atoms with van der Waals surface area (Å²) in [5.74, 6) is 0.0967. The van der Waals surface area contributed by atoms with Crippen LogP contribution < -0.4 is 10.1 Å². The minimum absolute atomic E-state index is 0.0994. The van der Waals surface area contributed by atoms with Gasteiger partial charge >= 0.3 is 0 Å². The van der Waals surface area contributed by atoms with Gasteiger partial charge in [-0.05, 0) is 77.8 Å². The van der Waals surface area contributed by atoms with Gasteiger partial charge in [0, 0.05) is 36.5 Å². The molecule has 1 aliphatic rings. The van der Waals surface area contributed by atoms with Gasteiger partial charge in [-0.1, -0.05) is 41.9 Å². The van der Waals surface area contributed by atoms with Crippen LogP contribution in [-0.2, 0) is 16.1 Å². The second-order valence-corrected chi connectivity index (χ2v) is 10.7. The summed E-state index contributed by atoms with van der Waals surface area (Å²) in [6.45, 7) is 3.89. The van der Waals surface area contributed by atoms with Gasteiger partial charge in [-0.15, -0.1) is 6.58 Å². The maximum atomic E-state index is 13.6. The lowest BCUT2D eigenvalue weighted by Gasteiger charge is -2.40. The third-order valence-electron chi connectivity index (χ3n) is 6.35. The van der Waals surface area contributed by atoms with Crippen molar-refractivity contribution in [2.24, 2.45) is 0 Å². The zero-order valence-electron chi connectivity index (χ0n) is 21.2. The molecule has 0 fully saturated rings. The van der Waals surface area contributed by atoms with Gasteiger partial charge in [0.05, 0.1) is 16.2 Å². The van der Waals surface area contributed by atoms with Crippen LogP contribution in [0.15, 0.2) is 72.8 Å². The Morgan fingerprint density at radius 2 is 1.92 bits per heavy atom. The first-order valence-corrected chi connectivity index (χ1v) is 14.1. The number of nitrogens with zero attached hydrogens (tertiary/aromatic N) is 1. The van der Waals surface area contributed by atoms with Crippen molar-refractivity contribution >= 4 is 46.0 Å². The number of allylic oxidation sites excluding steroid dienone is 1. The van der Waals surface area contributed by atoms with E-state index in [1.54, 1.807) is 29.2 Å². The number of rotatable bonds is 13. The molecule has 3 N–H and O–H groups in total. The normalized spacial score (nSPS) is 18.8. The molecule has 0 heterocycles. The first-order chi connectivity index (χ1) is 18.3. The van der Waals surface area contributed by atoms with E-state index in [0.717, 1.165) is 22.0 Å². The maximum absolute atomic E-state index is 13.6. The minimum Gasteiger partial charge on any atom is -0.482 e. The molecule has 3 atom stereocenters. The van der Waals surface area contributed by atoms with E-state index in [9.17, 15) is 19.8 Å². The summed E-state index contributed by atoms with van der Waals surface area (Å²) < 4.78 is 7.05. The Kier molecular flexibility index (Phi) is 12.1. The molecule has 0 bridgehead atoms. The molecular formula is C29H34ClIN2O5. The van der Waals surface area contributed by atoms with Gasteiger partial charge in [-0.3, -0.25) is 9.59 Å². The van der Waals surface area contributed by atoms with E-state index in [1.807, 2.05) is 36.4 Å². The van der Waals surface area contributed by atoms with Crippen molar-refractivity contribution in [1.82, 2.24) is 10.2 Å². The molecule has 7 nitrogen and oxygen atoms in total. The van der Waals surface area contributed by atoms with Gasteiger partial charge < -0.3 is 25.2 Å². The molecule has 0 radical (unpaired) electrons. The summed E-state index contributed by atoms with van der Waals surface area (Å²) in [5.41, 5.74) is 1.25. The number of ether oxygens (including phenoxy) is 1. The Morgan fingerprint density at radius 1 is 1.18 bits per heavy atom. The van der Waals surface area contributed by atoms with E-state index in [4.69, 9.17) is 16.3 Å². The van der Waals surface area contributed by atoms with E-state index < -0.39 is 18.2 Å². The van der Waals surface area contributed by atoms with E-state index in [-0.39, 0.29) is 37.9 Å². The number of amides is 2. The number of benzene rings is 2. The number of aliphatic hydroxyl groups excluding tert-OH is 2. The molecule has 0 aliphatic heterocycles. The molecule has 0 saturated carbocycles. The van der Waals surface area contributed by atoms with Crippen LogP contribution >= 0.6 is 34.2 Å². The van der Waals surface area contributed by atoms with Crippen molar-refractivity contribution in [3.63, 3.8) is 0 Å². The molecular weight excluding hydrogens is 619 g/mol. The standard InChI is InChI=1S/C29H34ClIN2O5/c1-2-3-4-5-10-27(35)33(19-20-11-13-22(30)14-12-20)24-17-21(29(37)32-15-16-34)18-26(28(24)36)38-25-9-7-6-8-23(25)31/h2,6-9,11-14,18,24,26,28,34,36H,1,3-5,10,15-17,19H2,(H,32,37). The summed E-state index contributed by atoms with van der Waals surface area (Å²) >= 11 is 8.22. The quantitative estimate of drug-likeness (QED) is 0.167. The molecule has 2 aromatic carbocycles. The van der Waals surface area contributed by atoms with Gasteiger partial charge in [0.25, 0.3) is 0 Å². The summed E-state index contributed by atoms with van der Waals surface area (Å²) in [4.78, 5) is 28.2. The minimum atomic E-state index is -1.08. The van der Waals surface area contributed by atoms with Crippen LogP contribution in [0.3, 0.4) is 0 Å². The number of carbonyl (C=O) groups is 2. The summed E-state index contributed by atoms with van der Waals surface area (Å²) in [7, 11) is 0. The number of aliphatic hydroxyl groups is 2. The Bertz CT molecular complexity index is 1120. The number of para-hydroxylation sites is 1. The molecule has 9 heteroatoms. The zero-order valence-corrected chi connectivity index (χ0v) is 24.1. The average Bonchev–Trinajstić information content (AvgIpc) is 2.91. The third-order valence-corrected chi connectivity index (χ3v) is 7.49. The average molecular weight is 653 g/mol. The molecule has 0 aromatic heterocycles. The van der Waals surface area contributed by atoms with Crippen molar-refractivity contribution in [3.8, 4) is 5.75 Å². The number of halogens is 2. The smallest absolute Gasteiger partial charge is 0.247 e. The molecule has 2 amide bonds. The monoisotopic (exact) mass is 652 g/mol. The number of hydrogen-bond acceptors (Lipinski definition) is 5. The fraction of sp³-hybridized carbons (Fsp3) is 0.379. The maximum Gasteiger partial charge on any atom is 0.247 e. The Balaban J connectivity index is 1.94. The fourth-order valence-corrected chi connectivity index (χ4v) is 4.99. The molecule has 204 valence electrons. The second-order valence-electron chi connectivity index (χ2n) is 9.13. The van der Waals surface area contributed by atoms with Gasteiger partial charge in [0.1, 0.15) is 18.0 Å². The number of hydrogen-bond donors (Lipinski definition) is 3. The molecule has 2 aromatic rings. The van der Waals surface area contributed by atoms with Crippen LogP contribution in [0.2, 0.25) is 5.02 Å². The van der Waals surface area contributed by atoms with Crippen molar-refractivity contribution < 1.29 is 24.5 Å². The molecule has 3 unspecified atom stereocenters. The fourth-order valence-electron chi connectivity index (χ4n) is 4.35. The summed E-state index contributed by atoms with van der Waals surface area (Å²) in [6, 6.07) is 13.9. The van der Waals surface area contributed by atoms with Crippen molar-refractivity contribution in [1.29, 1.82) is 0 Å². The van der Waals surface area contributed by atoms with Crippen LogP contribution in [0.5, 0.6) is 5.75 Å². The van der Waals surface area contributed by atoms with Gasteiger partial charge in [0.15, 0.2) is 0 Å². The van der Waals surface area contributed by atoms with Gasteiger partial charge in [0.2, 0.25) is 11.8 Å². The number of unbranched alkanes of at least 4 members (excludes halogenated alkanes) is 2. The van der Waals surface area contributed by atoms with E-state index >= 15 is 0 Å². The first kappa shape index (κ1) is 30.1. The Hall–Kier alpha value is -2.40. The topological polar surface area (TPSA) is 99.1 Å². The third kappa shape index (κ3) is 8.56. The van der Waals surface area contributed by atoms with Crippen molar-refractivity contribution in [2.45, 2.75) is 56.9 Å². The zero-order chi connectivity index (χ0) is 27.5. The Labute approximate surface area is 242 Å². The highest BCUT2D eigenvalue weighted by molar-refractivity contribution is 14.1. The van der Waals surface area contributed by atoms with Crippen LogP contribution in [0.1, 0.15) is 37.7 Å². The van der Waals surface area contributed by atoms with Crippen LogP contribution in [0.4, 0.5) is 0 Å². The van der Waals surface area contributed by atoms with Crippen molar-refractivity contribution in [2.75, 3.05) is 13.2 Å². The van der Waals surface area contributed by atoms with E-state index in [2.05, 4.69) is 34.5 Å². The number of nitrogens with one attached hydrogen (secondary N) is 1. The highest BCUT2D eigenvalue weighted by Crippen LogP contribution is 2.31. The Morgan fingerprint density at radius 3 is 2.61 bits per heavy atom. The van der Waals surface area contributed by atoms with Crippen LogP contribution in [0, 0.1) is 3.57 Å². The highest BCUT2D eigenvalue weighted by atomic mass is 127. The molecule has 38 heavy (non-hydrogen) atoms. The lowest BCUT2D eigenvalue weighted by Crippen LogP contribution is -2.54. The summed E-state index contributed by atoms with van der Waals surface area (Å²) in [6.07, 6.45) is 4.31. The predicted octanol–water partition coefficient (Wildman–Crippen LogP) is 4.64. The van der Waals surface area contributed by atoms with E-state index in [0.29, 0.717) is 29.2 Å².